The lowest BCUT2D eigenvalue weighted by Crippen LogP contribution is -2.30. The first-order valence-corrected chi connectivity index (χ1v) is 8.20. The molecule has 0 spiro atoms. The van der Waals surface area contributed by atoms with Gasteiger partial charge in [0, 0.05) is 19.3 Å². The van der Waals surface area contributed by atoms with Gasteiger partial charge < -0.3 is 10.2 Å². The number of amides is 2. The number of urea groups is 1. The van der Waals surface area contributed by atoms with Crippen LogP contribution in [0.25, 0.3) is 0 Å². The van der Waals surface area contributed by atoms with Crippen LogP contribution in [0.4, 0.5) is 14.9 Å². The number of halogens is 1. The maximum atomic E-state index is 13.1. The summed E-state index contributed by atoms with van der Waals surface area (Å²) in [5.41, 5.74) is 1.08. The largest absolute Gasteiger partial charge is 0.323 e. The van der Waals surface area contributed by atoms with E-state index in [2.05, 4.69) is 5.32 Å². The molecule has 0 aliphatic heterocycles. The Morgan fingerprint density at radius 2 is 1.87 bits per heavy atom. The summed E-state index contributed by atoms with van der Waals surface area (Å²) in [5, 5.41) is 7.61. The molecule has 0 atom stereocenters. The molecule has 0 aromatic heterocycles. The number of hydrogen-bond acceptors (Lipinski definition) is 3. The summed E-state index contributed by atoms with van der Waals surface area (Å²) >= 11 is 0. The number of carbonyl (C=O) groups is 1. The molecular formula is C15H16FN3O3S. The lowest BCUT2D eigenvalue weighted by atomic mass is 10.2. The summed E-state index contributed by atoms with van der Waals surface area (Å²) < 4.78 is 35.4. The number of carbonyl (C=O) groups excluding carboxylic acids is 1. The van der Waals surface area contributed by atoms with Crippen LogP contribution in [0.3, 0.4) is 0 Å². The minimum absolute atomic E-state index is 0.0383. The highest BCUT2D eigenvalue weighted by Gasteiger charge is 2.11. The van der Waals surface area contributed by atoms with Crippen LogP contribution in [-0.2, 0) is 16.6 Å². The molecule has 3 N–H and O–H groups in total. The fourth-order valence-corrected chi connectivity index (χ4v) is 2.44. The molecule has 0 bridgehead atoms. The second-order valence-corrected chi connectivity index (χ2v) is 6.55. The van der Waals surface area contributed by atoms with Gasteiger partial charge in [-0.15, -0.1) is 0 Å². The van der Waals surface area contributed by atoms with Crippen LogP contribution in [0.1, 0.15) is 5.56 Å². The van der Waals surface area contributed by atoms with Gasteiger partial charge in [-0.3, -0.25) is 0 Å². The van der Waals surface area contributed by atoms with Crippen LogP contribution in [0.2, 0.25) is 0 Å². The molecule has 2 amide bonds. The molecule has 8 heteroatoms. The average molecular weight is 337 g/mol. The molecule has 0 aliphatic carbocycles. The van der Waals surface area contributed by atoms with Crippen molar-refractivity contribution in [2.75, 3.05) is 12.4 Å². The SMILES string of the molecule is CN(Cc1cccc(F)c1)C(=O)Nc1ccc(S(N)(=O)=O)cc1. The van der Waals surface area contributed by atoms with Gasteiger partial charge >= 0.3 is 6.03 Å². The first-order chi connectivity index (χ1) is 10.8. The molecular weight excluding hydrogens is 321 g/mol. The lowest BCUT2D eigenvalue weighted by Gasteiger charge is -2.18. The van der Waals surface area contributed by atoms with Crippen LogP contribution in [0.15, 0.2) is 53.4 Å². The van der Waals surface area contributed by atoms with Gasteiger partial charge in [-0.25, -0.2) is 22.7 Å². The Labute approximate surface area is 133 Å². The van der Waals surface area contributed by atoms with E-state index < -0.39 is 16.1 Å². The van der Waals surface area contributed by atoms with E-state index in [1.54, 1.807) is 19.2 Å². The predicted octanol–water partition coefficient (Wildman–Crippen LogP) is 2.14. The smallest absolute Gasteiger partial charge is 0.321 e. The third kappa shape index (κ3) is 4.76. The van der Waals surface area contributed by atoms with Crippen molar-refractivity contribution in [2.45, 2.75) is 11.4 Å². The van der Waals surface area contributed by atoms with Crippen molar-refractivity contribution < 1.29 is 17.6 Å². The Kier molecular flexibility index (Phi) is 4.97. The zero-order valence-electron chi connectivity index (χ0n) is 12.4. The fourth-order valence-electron chi connectivity index (χ4n) is 1.93. The Morgan fingerprint density at radius 1 is 1.22 bits per heavy atom. The van der Waals surface area contributed by atoms with Gasteiger partial charge in [0.05, 0.1) is 4.90 Å². The van der Waals surface area contributed by atoms with Gasteiger partial charge in [-0.1, -0.05) is 12.1 Å². The van der Waals surface area contributed by atoms with Crippen molar-refractivity contribution >= 4 is 21.7 Å². The summed E-state index contributed by atoms with van der Waals surface area (Å²) in [4.78, 5) is 13.4. The number of nitrogens with one attached hydrogen (secondary N) is 1. The molecule has 2 aromatic rings. The Hall–Kier alpha value is -2.45. The normalized spacial score (nSPS) is 11.1. The molecule has 0 fully saturated rings. The fraction of sp³-hybridized carbons (Fsp3) is 0.133. The zero-order valence-corrected chi connectivity index (χ0v) is 13.2. The highest BCUT2D eigenvalue weighted by molar-refractivity contribution is 7.89. The van der Waals surface area contributed by atoms with E-state index in [9.17, 15) is 17.6 Å². The predicted molar refractivity (Wildman–Crippen MR) is 84.7 cm³/mol. The van der Waals surface area contributed by atoms with E-state index in [0.29, 0.717) is 11.3 Å². The Bertz CT molecular complexity index is 807. The standard InChI is InChI=1S/C15H16FN3O3S/c1-19(10-11-3-2-4-12(16)9-11)15(20)18-13-5-7-14(8-6-13)23(17,21)22/h2-9H,10H2,1H3,(H,18,20)(H2,17,21,22). The molecule has 0 aliphatic rings. The van der Waals surface area contributed by atoms with Gasteiger partial charge in [0.15, 0.2) is 0 Å². The van der Waals surface area contributed by atoms with E-state index in [1.165, 1.54) is 41.3 Å². The van der Waals surface area contributed by atoms with E-state index in [1.807, 2.05) is 0 Å². The maximum absolute atomic E-state index is 13.1. The highest BCUT2D eigenvalue weighted by Crippen LogP contribution is 2.14. The van der Waals surface area contributed by atoms with Crippen molar-refractivity contribution in [1.82, 2.24) is 4.90 Å². The Morgan fingerprint density at radius 3 is 2.43 bits per heavy atom. The molecule has 0 radical (unpaired) electrons. The number of benzene rings is 2. The van der Waals surface area contributed by atoms with E-state index in [0.717, 1.165) is 0 Å². The lowest BCUT2D eigenvalue weighted by molar-refractivity contribution is 0.220. The number of sulfonamides is 1. The van der Waals surface area contributed by atoms with Crippen molar-refractivity contribution in [3.63, 3.8) is 0 Å². The van der Waals surface area contributed by atoms with Gasteiger partial charge in [-0.2, -0.15) is 0 Å². The molecule has 2 aromatic carbocycles. The zero-order chi connectivity index (χ0) is 17.0. The molecule has 122 valence electrons. The van der Waals surface area contributed by atoms with E-state index in [4.69, 9.17) is 5.14 Å². The first-order valence-electron chi connectivity index (χ1n) is 6.65. The van der Waals surface area contributed by atoms with Gasteiger partial charge in [-0.05, 0) is 42.0 Å². The van der Waals surface area contributed by atoms with Crippen LogP contribution in [0, 0.1) is 5.82 Å². The maximum Gasteiger partial charge on any atom is 0.321 e. The summed E-state index contributed by atoms with van der Waals surface area (Å²) in [6.45, 7) is 0.235. The monoisotopic (exact) mass is 337 g/mol. The average Bonchev–Trinajstić information content (AvgIpc) is 2.46. The number of primary sulfonamides is 1. The molecule has 2 rings (SSSR count). The van der Waals surface area contributed by atoms with Crippen molar-refractivity contribution in [1.29, 1.82) is 0 Å². The second kappa shape index (κ2) is 6.76. The summed E-state index contributed by atoms with van der Waals surface area (Å²) in [5.74, 6) is -0.366. The van der Waals surface area contributed by atoms with Crippen molar-refractivity contribution in [3.8, 4) is 0 Å². The third-order valence-electron chi connectivity index (χ3n) is 3.09. The highest BCUT2D eigenvalue weighted by atomic mass is 32.2. The molecule has 0 saturated carbocycles. The topological polar surface area (TPSA) is 92.5 Å². The first kappa shape index (κ1) is 16.9. The number of hydrogen-bond donors (Lipinski definition) is 2. The molecule has 23 heavy (non-hydrogen) atoms. The number of anilines is 1. The number of nitrogens with zero attached hydrogens (tertiary/aromatic N) is 1. The van der Waals surface area contributed by atoms with Crippen LogP contribution < -0.4 is 10.5 Å². The number of rotatable bonds is 4. The van der Waals surface area contributed by atoms with Crippen LogP contribution >= 0.6 is 0 Å². The Balaban J connectivity index is 2.01. The summed E-state index contributed by atoms with van der Waals surface area (Å²) in [7, 11) is -2.20. The van der Waals surface area contributed by atoms with E-state index in [-0.39, 0.29) is 17.3 Å². The van der Waals surface area contributed by atoms with Crippen molar-refractivity contribution in [2.24, 2.45) is 5.14 Å². The molecule has 6 nitrogen and oxygen atoms in total. The second-order valence-electron chi connectivity index (χ2n) is 4.99. The van der Waals surface area contributed by atoms with Crippen LogP contribution in [0.5, 0.6) is 0 Å². The molecule has 0 unspecified atom stereocenters. The number of nitrogens with two attached hydrogens (primary N) is 1. The van der Waals surface area contributed by atoms with Crippen LogP contribution in [-0.4, -0.2) is 26.4 Å². The van der Waals surface area contributed by atoms with Gasteiger partial charge in [0.25, 0.3) is 0 Å². The third-order valence-corrected chi connectivity index (χ3v) is 4.02. The van der Waals surface area contributed by atoms with Gasteiger partial charge in [0.1, 0.15) is 5.82 Å². The van der Waals surface area contributed by atoms with E-state index >= 15 is 0 Å². The van der Waals surface area contributed by atoms with Gasteiger partial charge in [0.2, 0.25) is 10.0 Å². The van der Waals surface area contributed by atoms with Crippen molar-refractivity contribution in [3.05, 3.63) is 59.9 Å². The molecule has 0 saturated heterocycles. The quantitative estimate of drug-likeness (QED) is 0.895. The summed E-state index contributed by atoms with van der Waals surface area (Å²) in [6.07, 6.45) is 0. The molecule has 0 heterocycles. The minimum Gasteiger partial charge on any atom is -0.323 e. The summed E-state index contributed by atoms with van der Waals surface area (Å²) in [6, 6.07) is 11.0. The minimum atomic E-state index is -3.77.